The van der Waals surface area contributed by atoms with Crippen molar-refractivity contribution in [3.05, 3.63) is 23.5 Å². The number of methoxy groups -OCH3 is 3. The van der Waals surface area contributed by atoms with E-state index in [0.717, 1.165) is 32.4 Å². The molecule has 0 bridgehead atoms. The maximum Gasteiger partial charge on any atom is 0.420 e. The molecular formula is C25H36FNO8. The normalized spacial score (nSPS) is 18.1. The van der Waals surface area contributed by atoms with Gasteiger partial charge in [-0.1, -0.05) is 26.7 Å². The Kier molecular flexibility index (Phi) is 10.6. The molecule has 0 saturated heterocycles. The van der Waals surface area contributed by atoms with Gasteiger partial charge >= 0.3 is 18.2 Å². The van der Waals surface area contributed by atoms with E-state index in [1.54, 1.807) is 6.92 Å². The second-order valence-corrected chi connectivity index (χ2v) is 8.60. The number of benzene rings is 1. The van der Waals surface area contributed by atoms with Crippen LogP contribution in [0.3, 0.4) is 0 Å². The summed E-state index contributed by atoms with van der Waals surface area (Å²) in [6.07, 6.45) is 0.485. The average molecular weight is 498 g/mol. The van der Waals surface area contributed by atoms with E-state index in [2.05, 4.69) is 0 Å². The Hall–Kier alpha value is -3.04. The number of halogens is 1. The zero-order valence-corrected chi connectivity index (χ0v) is 21.3. The number of carbonyl (C=O) groups excluding carboxylic acids is 3. The maximum atomic E-state index is 14.9. The Balaban J connectivity index is 2.39. The van der Waals surface area contributed by atoms with E-state index in [0.29, 0.717) is 17.7 Å². The fourth-order valence-electron chi connectivity index (χ4n) is 3.93. The van der Waals surface area contributed by atoms with Crippen LogP contribution in [-0.2, 0) is 25.4 Å². The largest absolute Gasteiger partial charge is 0.493 e. The third kappa shape index (κ3) is 7.47. The summed E-state index contributed by atoms with van der Waals surface area (Å²) >= 11 is 0. The Labute approximate surface area is 205 Å². The monoisotopic (exact) mass is 497 g/mol. The van der Waals surface area contributed by atoms with Crippen LogP contribution >= 0.6 is 0 Å². The first-order valence-corrected chi connectivity index (χ1v) is 11.9. The van der Waals surface area contributed by atoms with Gasteiger partial charge in [0.2, 0.25) is 0 Å². The van der Waals surface area contributed by atoms with E-state index >= 15 is 0 Å². The Morgan fingerprint density at radius 2 is 1.71 bits per heavy atom. The second-order valence-electron chi connectivity index (χ2n) is 8.60. The molecule has 4 atom stereocenters. The van der Waals surface area contributed by atoms with Gasteiger partial charge in [0.1, 0.15) is 24.1 Å². The summed E-state index contributed by atoms with van der Waals surface area (Å²) in [4.78, 5) is 39.6. The first-order valence-electron chi connectivity index (χ1n) is 11.9. The van der Waals surface area contributed by atoms with Crippen LogP contribution in [0.1, 0.15) is 58.4 Å². The topological polar surface area (TPSA) is 101 Å². The summed E-state index contributed by atoms with van der Waals surface area (Å²) in [6, 6.07) is 0.924. The molecule has 1 aliphatic rings. The van der Waals surface area contributed by atoms with Crippen LogP contribution in [0.5, 0.6) is 11.5 Å². The lowest BCUT2D eigenvalue weighted by Gasteiger charge is -2.28. The molecular weight excluding hydrogens is 461 g/mol. The minimum atomic E-state index is -1.52. The first kappa shape index (κ1) is 28.2. The molecule has 1 saturated carbocycles. The molecule has 9 nitrogen and oxygen atoms in total. The predicted octanol–water partition coefficient (Wildman–Crippen LogP) is 4.88. The third-order valence-corrected chi connectivity index (χ3v) is 5.91. The standard InChI is InChI=1S/C25H36FNO8/c1-7-9-15(3)34-24(29)27(25(30)35-20-12-16(20)10-8-2)19(23(28)33-6)11-17-13-21(31-4)22(32-5)14-18(17)26/h13-16,19-20H,7-12H2,1-6H3/t15?,16?,19-,20?/m1/s1. The molecule has 196 valence electrons. The van der Waals surface area contributed by atoms with Crippen molar-refractivity contribution in [2.24, 2.45) is 5.92 Å². The number of esters is 1. The summed E-state index contributed by atoms with van der Waals surface area (Å²) in [5, 5.41) is 0. The fraction of sp³-hybridized carbons (Fsp3) is 0.640. The summed E-state index contributed by atoms with van der Waals surface area (Å²) in [5.41, 5.74) is 0.0144. The number of amides is 2. The highest BCUT2D eigenvalue weighted by Gasteiger charge is 2.45. The highest BCUT2D eigenvalue weighted by atomic mass is 19.1. The molecule has 0 aromatic heterocycles. The van der Waals surface area contributed by atoms with Crippen molar-refractivity contribution in [3.63, 3.8) is 0 Å². The van der Waals surface area contributed by atoms with E-state index in [4.69, 9.17) is 23.7 Å². The van der Waals surface area contributed by atoms with Crippen molar-refractivity contribution >= 4 is 18.2 Å². The van der Waals surface area contributed by atoms with E-state index in [1.807, 2.05) is 13.8 Å². The Morgan fingerprint density at radius 1 is 1.06 bits per heavy atom. The number of imide groups is 1. The predicted molar refractivity (Wildman–Crippen MR) is 125 cm³/mol. The van der Waals surface area contributed by atoms with Gasteiger partial charge in [0, 0.05) is 12.5 Å². The minimum absolute atomic E-state index is 0.0144. The fourth-order valence-corrected chi connectivity index (χ4v) is 3.93. The third-order valence-electron chi connectivity index (χ3n) is 5.91. The van der Waals surface area contributed by atoms with E-state index < -0.39 is 36.1 Å². The molecule has 0 heterocycles. The molecule has 1 fully saturated rings. The lowest BCUT2D eigenvalue weighted by atomic mass is 10.0. The molecule has 0 radical (unpaired) electrons. The lowest BCUT2D eigenvalue weighted by molar-refractivity contribution is -0.146. The van der Waals surface area contributed by atoms with Crippen LogP contribution in [0.4, 0.5) is 14.0 Å². The number of nitrogens with zero attached hydrogens (tertiary/aromatic N) is 1. The van der Waals surface area contributed by atoms with Crippen molar-refractivity contribution in [2.45, 2.75) is 77.5 Å². The van der Waals surface area contributed by atoms with Gasteiger partial charge in [-0.3, -0.25) is 0 Å². The van der Waals surface area contributed by atoms with Gasteiger partial charge in [-0.25, -0.2) is 18.8 Å². The molecule has 1 aromatic rings. The lowest BCUT2D eigenvalue weighted by Crippen LogP contribution is -2.51. The number of carbonyl (C=O) groups is 3. The smallest absolute Gasteiger partial charge is 0.420 e. The van der Waals surface area contributed by atoms with E-state index in [9.17, 15) is 18.8 Å². The number of hydrogen-bond acceptors (Lipinski definition) is 8. The van der Waals surface area contributed by atoms with Gasteiger partial charge in [-0.2, -0.15) is 4.90 Å². The Morgan fingerprint density at radius 3 is 2.29 bits per heavy atom. The van der Waals surface area contributed by atoms with E-state index in [-0.39, 0.29) is 35.5 Å². The van der Waals surface area contributed by atoms with Crippen LogP contribution in [0.2, 0.25) is 0 Å². The molecule has 2 amide bonds. The van der Waals surface area contributed by atoms with Crippen molar-refractivity contribution in [1.82, 2.24) is 4.90 Å². The molecule has 0 N–H and O–H groups in total. The molecule has 1 aromatic carbocycles. The minimum Gasteiger partial charge on any atom is -0.493 e. The molecule has 1 aliphatic carbocycles. The van der Waals surface area contributed by atoms with Gasteiger partial charge in [0.25, 0.3) is 0 Å². The van der Waals surface area contributed by atoms with Crippen molar-refractivity contribution in [3.8, 4) is 11.5 Å². The van der Waals surface area contributed by atoms with Crippen LogP contribution in [0.25, 0.3) is 0 Å². The zero-order chi connectivity index (χ0) is 26.1. The number of hydrogen-bond donors (Lipinski definition) is 0. The summed E-state index contributed by atoms with van der Waals surface area (Å²) in [5.74, 6) is -1.04. The SMILES string of the molecule is CCCC(C)OC(=O)N(C(=O)OC1CC1CCC)[C@H](Cc1cc(OC)c(OC)cc1F)C(=O)OC. The summed E-state index contributed by atoms with van der Waals surface area (Å²) < 4.78 is 41.0. The first-order chi connectivity index (χ1) is 16.7. The van der Waals surface area contributed by atoms with Gasteiger partial charge in [0.15, 0.2) is 11.5 Å². The van der Waals surface area contributed by atoms with Crippen LogP contribution < -0.4 is 9.47 Å². The van der Waals surface area contributed by atoms with Gasteiger partial charge in [-0.15, -0.1) is 0 Å². The molecule has 35 heavy (non-hydrogen) atoms. The van der Waals surface area contributed by atoms with Gasteiger partial charge in [-0.05, 0) is 43.7 Å². The van der Waals surface area contributed by atoms with Gasteiger partial charge < -0.3 is 23.7 Å². The Bertz CT molecular complexity index is 892. The number of rotatable bonds is 12. The number of ether oxygens (including phenoxy) is 5. The molecule has 0 spiro atoms. The van der Waals surface area contributed by atoms with Crippen molar-refractivity contribution in [2.75, 3.05) is 21.3 Å². The molecule has 2 rings (SSSR count). The highest BCUT2D eigenvalue weighted by molar-refractivity contribution is 5.94. The maximum absolute atomic E-state index is 14.9. The van der Waals surface area contributed by atoms with Crippen molar-refractivity contribution in [1.29, 1.82) is 0 Å². The summed E-state index contributed by atoms with van der Waals surface area (Å²) in [6.45, 7) is 5.64. The highest BCUT2D eigenvalue weighted by Crippen LogP contribution is 2.38. The molecule has 0 aliphatic heterocycles. The zero-order valence-electron chi connectivity index (χ0n) is 21.3. The quantitative estimate of drug-likeness (QED) is 0.298. The van der Waals surface area contributed by atoms with Crippen LogP contribution in [0.15, 0.2) is 12.1 Å². The van der Waals surface area contributed by atoms with E-state index in [1.165, 1.54) is 20.3 Å². The van der Waals surface area contributed by atoms with Crippen LogP contribution in [-0.4, -0.2) is 62.6 Å². The average Bonchev–Trinajstić information content (AvgIpc) is 3.55. The van der Waals surface area contributed by atoms with Crippen LogP contribution in [0, 0.1) is 11.7 Å². The summed E-state index contributed by atoms with van der Waals surface area (Å²) in [7, 11) is 3.87. The van der Waals surface area contributed by atoms with Gasteiger partial charge in [0.05, 0.1) is 21.3 Å². The second kappa shape index (κ2) is 13.2. The van der Waals surface area contributed by atoms with Crippen molar-refractivity contribution < 1.29 is 42.5 Å². The molecule has 10 heteroatoms. The molecule has 3 unspecified atom stereocenters.